The minimum absolute atomic E-state index is 0.521. The van der Waals surface area contributed by atoms with Crippen LogP contribution in [0.15, 0.2) is 18.3 Å². The van der Waals surface area contributed by atoms with E-state index in [1.807, 2.05) is 12.1 Å². The van der Waals surface area contributed by atoms with Crippen molar-refractivity contribution in [2.75, 3.05) is 17.7 Å². The molecule has 0 radical (unpaired) electrons. The summed E-state index contributed by atoms with van der Waals surface area (Å²) in [6.45, 7) is 4.37. The number of hydrogen-bond acceptors (Lipinski definition) is 3. The summed E-state index contributed by atoms with van der Waals surface area (Å²) in [4.78, 5) is 6.46. The monoisotopic (exact) mass is 193 g/mol. The third-order valence-corrected chi connectivity index (χ3v) is 2.64. The Morgan fingerprint density at radius 2 is 2.07 bits per heavy atom. The van der Waals surface area contributed by atoms with Gasteiger partial charge >= 0.3 is 0 Å². The molecule has 2 N–H and O–H groups in total. The van der Waals surface area contributed by atoms with Crippen LogP contribution in [0.2, 0.25) is 0 Å². The number of aromatic nitrogens is 1. The quantitative estimate of drug-likeness (QED) is 0.797. The van der Waals surface area contributed by atoms with Gasteiger partial charge in [-0.05, 0) is 25.0 Å². The standard InChI is InChI=1S/C11H19N3/c1-4-9(5-2)14(3)11-10(12)7-6-8-13-11/h6-9H,4-5,12H2,1-3H3. The van der Waals surface area contributed by atoms with Gasteiger partial charge in [0.1, 0.15) is 0 Å². The smallest absolute Gasteiger partial charge is 0.151 e. The van der Waals surface area contributed by atoms with Crippen LogP contribution in [-0.2, 0) is 0 Å². The van der Waals surface area contributed by atoms with Crippen LogP contribution in [-0.4, -0.2) is 18.1 Å². The fraction of sp³-hybridized carbons (Fsp3) is 0.545. The Hall–Kier alpha value is -1.25. The molecule has 1 aromatic rings. The van der Waals surface area contributed by atoms with Crippen molar-refractivity contribution in [3.05, 3.63) is 18.3 Å². The summed E-state index contributed by atoms with van der Waals surface area (Å²) in [5.74, 6) is 0.890. The third kappa shape index (κ3) is 2.16. The van der Waals surface area contributed by atoms with E-state index in [-0.39, 0.29) is 0 Å². The van der Waals surface area contributed by atoms with E-state index in [0.717, 1.165) is 24.3 Å². The summed E-state index contributed by atoms with van der Waals surface area (Å²) in [5.41, 5.74) is 6.62. The highest BCUT2D eigenvalue weighted by Gasteiger charge is 2.13. The van der Waals surface area contributed by atoms with Crippen LogP contribution < -0.4 is 10.6 Å². The molecular formula is C11H19N3. The van der Waals surface area contributed by atoms with Crippen LogP contribution in [0.3, 0.4) is 0 Å². The molecule has 1 aromatic heterocycles. The number of nitrogens with zero attached hydrogens (tertiary/aromatic N) is 2. The average molecular weight is 193 g/mol. The van der Waals surface area contributed by atoms with Gasteiger partial charge < -0.3 is 10.6 Å². The zero-order chi connectivity index (χ0) is 10.6. The first-order valence-corrected chi connectivity index (χ1v) is 5.14. The molecule has 0 aliphatic heterocycles. The maximum Gasteiger partial charge on any atom is 0.151 e. The number of nitrogen functional groups attached to an aromatic ring is 1. The molecule has 0 atom stereocenters. The lowest BCUT2D eigenvalue weighted by molar-refractivity contribution is 0.587. The lowest BCUT2D eigenvalue weighted by atomic mass is 10.1. The highest BCUT2D eigenvalue weighted by molar-refractivity contribution is 5.62. The van der Waals surface area contributed by atoms with E-state index in [1.54, 1.807) is 6.20 Å². The third-order valence-electron chi connectivity index (χ3n) is 2.64. The van der Waals surface area contributed by atoms with Gasteiger partial charge in [0, 0.05) is 19.3 Å². The summed E-state index contributed by atoms with van der Waals surface area (Å²) in [6.07, 6.45) is 4.01. The maximum atomic E-state index is 5.86. The predicted octanol–water partition coefficient (Wildman–Crippen LogP) is 2.29. The lowest BCUT2D eigenvalue weighted by Crippen LogP contribution is -2.31. The summed E-state index contributed by atoms with van der Waals surface area (Å²) >= 11 is 0. The molecule has 0 amide bonds. The molecule has 0 bridgehead atoms. The van der Waals surface area contributed by atoms with Gasteiger partial charge in [-0.25, -0.2) is 4.98 Å². The van der Waals surface area contributed by atoms with E-state index in [4.69, 9.17) is 5.73 Å². The van der Waals surface area contributed by atoms with Crippen LogP contribution in [0.1, 0.15) is 26.7 Å². The zero-order valence-corrected chi connectivity index (χ0v) is 9.20. The topological polar surface area (TPSA) is 42.2 Å². The number of nitrogens with two attached hydrogens (primary N) is 1. The molecule has 0 unspecified atom stereocenters. The van der Waals surface area contributed by atoms with Crippen molar-refractivity contribution in [1.82, 2.24) is 4.98 Å². The molecule has 0 aliphatic carbocycles. The maximum absolute atomic E-state index is 5.86. The van der Waals surface area contributed by atoms with E-state index in [0.29, 0.717) is 6.04 Å². The number of pyridine rings is 1. The van der Waals surface area contributed by atoms with Gasteiger partial charge in [-0.2, -0.15) is 0 Å². The Labute approximate surface area is 85.9 Å². The zero-order valence-electron chi connectivity index (χ0n) is 9.20. The minimum atomic E-state index is 0.521. The first-order chi connectivity index (χ1) is 6.70. The van der Waals surface area contributed by atoms with E-state index in [1.165, 1.54) is 0 Å². The predicted molar refractivity (Wildman–Crippen MR) is 61.4 cm³/mol. The van der Waals surface area contributed by atoms with E-state index >= 15 is 0 Å². The van der Waals surface area contributed by atoms with Crippen LogP contribution in [0.25, 0.3) is 0 Å². The van der Waals surface area contributed by atoms with E-state index < -0.39 is 0 Å². The van der Waals surface area contributed by atoms with Crippen molar-refractivity contribution in [2.24, 2.45) is 0 Å². The molecule has 1 rings (SSSR count). The van der Waals surface area contributed by atoms with Gasteiger partial charge in [-0.1, -0.05) is 13.8 Å². The Kier molecular flexibility index (Phi) is 3.74. The second kappa shape index (κ2) is 4.84. The fourth-order valence-corrected chi connectivity index (χ4v) is 1.71. The number of hydrogen-bond donors (Lipinski definition) is 1. The first kappa shape index (κ1) is 10.8. The SMILES string of the molecule is CCC(CC)N(C)c1ncccc1N. The summed E-state index contributed by atoms with van der Waals surface area (Å²) < 4.78 is 0. The van der Waals surface area contributed by atoms with Crippen molar-refractivity contribution < 1.29 is 0 Å². The number of rotatable bonds is 4. The fourth-order valence-electron chi connectivity index (χ4n) is 1.71. The van der Waals surface area contributed by atoms with E-state index in [9.17, 15) is 0 Å². The van der Waals surface area contributed by atoms with Crippen LogP contribution >= 0.6 is 0 Å². The molecule has 0 saturated carbocycles. The van der Waals surface area contributed by atoms with Crippen molar-refractivity contribution >= 4 is 11.5 Å². The van der Waals surface area contributed by atoms with Gasteiger partial charge in [-0.15, -0.1) is 0 Å². The molecular weight excluding hydrogens is 174 g/mol. The molecule has 78 valence electrons. The van der Waals surface area contributed by atoms with Gasteiger partial charge in [0.25, 0.3) is 0 Å². The molecule has 0 spiro atoms. The van der Waals surface area contributed by atoms with Gasteiger partial charge in [0.05, 0.1) is 5.69 Å². The van der Waals surface area contributed by atoms with Crippen LogP contribution in [0, 0.1) is 0 Å². The highest BCUT2D eigenvalue weighted by atomic mass is 15.2. The molecule has 1 heterocycles. The normalized spacial score (nSPS) is 10.6. The Balaban J connectivity index is 2.88. The van der Waals surface area contributed by atoms with Crippen molar-refractivity contribution in [1.29, 1.82) is 0 Å². The highest BCUT2D eigenvalue weighted by Crippen LogP contribution is 2.21. The van der Waals surface area contributed by atoms with Crippen molar-refractivity contribution in [3.8, 4) is 0 Å². The molecule has 0 fully saturated rings. The van der Waals surface area contributed by atoms with Crippen LogP contribution in [0.4, 0.5) is 11.5 Å². The molecule has 0 aromatic carbocycles. The second-order valence-corrected chi connectivity index (χ2v) is 3.50. The van der Waals surface area contributed by atoms with Crippen LogP contribution in [0.5, 0.6) is 0 Å². The summed E-state index contributed by atoms with van der Waals surface area (Å²) in [7, 11) is 2.05. The molecule has 0 saturated heterocycles. The summed E-state index contributed by atoms with van der Waals surface area (Å²) in [6, 6.07) is 4.27. The van der Waals surface area contributed by atoms with E-state index in [2.05, 4.69) is 30.8 Å². The molecule has 14 heavy (non-hydrogen) atoms. The van der Waals surface area contributed by atoms with Gasteiger partial charge in [-0.3, -0.25) is 0 Å². The molecule has 3 nitrogen and oxygen atoms in total. The van der Waals surface area contributed by atoms with Gasteiger partial charge in [0.2, 0.25) is 0 Å². The lowest BCUT2D eigenvalue weighted by Gasteiger charge is -2.28. The Morgan fingerprint density at radius 3 is 2.57 bits per heavy atom. The van der Waals surface area contributed by atoms with Crippen molar-refractivity contribution in [3.63, 3.8) is 0 Å². The molecule has 3 heteroatoms. The largest absolute Gasteiger partial charge is 0.396 e. The van der Waals surface area contributed by atoms with Crippen molar-refractivity contribution in [2.45, 2.75) is 32.7 Å². The second-order valence-electron chi connectivity index (χ2n) is 3.50. The Morgan fingerprint density at radius 1 is 1.43 bits per heavy atom. The average Bonchev–Trinajstić information content (AvgIpc) is 2.20. The van der Waals surface area contributed by atoms with Gasteiger partial charge in [0.15, 0.2) is 5.82 Å². The summed E-state index contributed by atoms with van der Waals surface area (Å²) in [5, 5.41) is 0. The Bertz CT molecular complexity index is 282. The number of anilines is 2. The molecule has 0 aliphatic rings. The minimum Gasteiger partial charge on any atom is -0.396 e. The first-order valence-electron chi connectivity index (χ1n) is 5.14.